The normalized spacial score (nSPS) is 12.3. The standard InChI is InChI=1S/C14H18N4O2/c1-10(11-4-6-15-7-5-11)16-8-12-9-17(2)14(20)18(3)13(12)19/h4-7,9-10,16H,8H2,1-3H3. The quantitative estimate of drug-likeness (QED) is 0.872. The molecule has 1 N–H and O–H groups in total. The zero-order valence-corrected chi connectivity index (χ0v) is 11.8. The van der Waals surface area contributed by atoms with Gasteiger partial charge in [0.1, 0.15) is 0 Å². The van der Waals surface area contributed by atoms with Crippen LogP contribution in [0.5, 0.6) is 0 Å². The minimum Gasteiger partial charge on any atom is -0.306 e. The Morgan fingerprint density at radius 1 is 1.25 bits per heavy atom. The van der Waals surface area contributed by atoms with Gasteiger partial charge in [-0.15, -0.1) is 0 Å². The number of nitrogens with zero attached hydrogens (tertiary/aromatic N) is 3. The zero-order chi connectivity index (χ0) is 14.7. The van der Waals surface area contributed by atoms with Gasteiger partial charge in [0, 0.05) is 50.8 Å². The third-order valence-electron chi connectivity index (χ3n) is 3.32. The van der Waals surface area contributed by atoms with E-state index in [1.807, 2.05) is 19.1 Å². The molecule has 1 unspecified atom stereocenters. The summed E-state index contributed by atoms with van der Waals surface area (Å²) in [5, 5.41) is 3.27. The maximum atomic E-state index is 12.0. The molecule has 2 heterocycles. The molecule has 0 fully saturated rings. The molecule has 20 heavy (non-hydrogen) atoms. The molecule has 0 spiro atoms. The largest absolute Gasteiger partial charge is 0.330 e. The highest BCUT2D eigenvalue weighted by molar-refractivity contribution is 5.14. The lowest BCUT2D eigenvalue weighted by Crippen LogP contribution is -2.39. The first-order valence-corrected chi connectivity index (χ1v) is 6.39. The van der Waals surface area contributed by atoms with Crippen LogP contribution in [0.3, 0.4) is 0 Å². The van der Waals surface area contributed by atoms with Crippen molar-refractivity contribution in [2.45, 2.75) is 19.5 Å². The molecule has 106 valence electrons. The van der Waals surface area contributed by atoms with Crippen molar-refractivity contribution in [2.24, 2.45) is 14.1 Å². The smallest absolute Gasteiger partial charge is 0.306 e. The molecule has 0 amide bonds. The van der Waals surface area contributed by atoms with Crippen molar-refractivity contribution in [3.05, 3.63) is 62.7 Å². The van der Waals surface area contributed by atoms with Gasteiger partial charge in [-0.3, -0.25) is 14.3 Å². The Morgan fingerprint density at radius 2 is 1.90 bits per heavy atom. The van der Waals surface area contributed by atoms with Crippen LogP contribution in [0.4, 0.5) is 0 Å². The van der Waals surface area contributed by atoms with E-state index < -0.39 is 0 Å². The number of aryl methyl sites for hydroxylation is 1. The first-order valence-electron chi connectivity index (χ1n) is 6.39. The Labute approximate surface area is 116 Å². The van der Waals surface area contributed by atoms with E-state index in [4.69, 9.17) is 0 Å². The minimum atomic E-state index is -0.319. The van der Waals surface area contributed by atoms with Gasteiger partial charge in [-0.25, -0.2) is 4.79 Å². The van der Waals surface area contributed by atoms with Gasteiger partial charge >= 0.3 is 5.69 Å². The zero-order valence-electron chi connectivity index (χ0n) is 11.8. The van der Waals surface area contributed by atoms with Crippen LogP contribution < -0.4 is 16.6 Å². The summed E-state index contributed by atoms with van der Waals surface area (Å²) in [4.78, 5) is 27.6. The van der Waals surface area contributed by atoms with E-state index in [9.17, 15) is 9.59 Å². The van der Waals surface area contributed by atoms with Crippen LogP contribution in [0.25, 0.3) is 0 Å². The topological polar surface area (TPSA) is 68.9 Å². The molecule has 1 atom stereocenters. The van der Waals surface area contributed by atoms with E-state index in [1.165, 1.54) is 11.6 Å². The molecule has 0 radical (unpaired) electrons. The molecule has 0 aromatic carbocycles. The van der Waals surface area contributed by atoms with E-state index in [0.717, 1.165) is 10.1 Å². The van der Waals surface area contributed by atoms with Crippen molar-refractivity contribution in [1.82, 2.24) is 19.4 Å². The SMILES string of the molecule is CC(NCc1cn(C)c(=O)n(C)c1=O)c1ccncc1. The van der Waals surface area contributed by atoms with E-state index in [0.29, 0.717) is 12.1 Å². The highest BCUT2D eigenvalue weighted by Crippen LogP contribution is 2.10. The van der Waals surface area contributed by atoms with Crippen LogP contribution in [-0.2, 0) is 20.6 Å². The summed E-state index contributed by atoms with van der Waals surface area (Å²) in [5.41, 5.74) is 1.08. The average molecular weight is 274 g/mol. The maximum absolute atomic E-state index is 12.0. The third-order valence-corrected chi connectivity index (χ3v) is 3.32. The van der Waals surface area contributed by atoms with Crippen LogP contribution in [0.15, 0.2) is 40.3 Å². The van der Waals surface area contributed by atoms with Gasteiger partial charge in [0.25, 0.3) is 5.56 Å². The molecular weight excluding hydrogens is 256 g/mol. The van der Waals surface area contributed by atoms with E-state index in [-0.39, 0.29) is 17.3 Å². The van der Waals surface area contributed by atoms with E-state index >= 15 is 0 Å². The average Bonchev–Trinajstić information content (AvgIpc) is 2.48. The molecule has 2 aromatic rings. The van der Waals surface area contributed by atoms with Crippen LogP contribution in [-0.4, -0.2) is 14.1 Å². The van der Waals surface area contributed by atoms with Crippen molar-refractivity contribution in [3.63, 3.8) is 0 Å². The molecule has 6 heteroatoms. The van der Waals surface area contributed by atoms with E-state index in [1.54, 1.807) is 25.6 Å². The summed E-state index contributed by atoms with van der Waals surface area (Å²) in [6.45, 7) is 2.42. The van der Waals surface area contributed by atoms with Crippen LogP contribution in [0.2, 0.25) is 0 Å². The van der Waals surface area contributed by atoms with Crippen molar-refractivity contribution >= 4 is 0 Å². The number of aromatic nitrogens is 3. The number of hydrogen-bond acceptors (Lipinski definition) is 4. The third kappa shape index (κ3) is 2.85. The molecule has 0 aliphatic rings. The van der Waals surface area contributed by atoms with Crippen LogP contribution in [0.1, 0.15) is 24.1 Å². The number of pyridine rings is 1. The van der Waals surface area contributed by atoms with Crippen molar-refractivity contribution in [3.8, 4) is 0 Å². The summed E-state index contributed by atoms with van der Waals surface area (Å²) < 4.78 is 2.53. The summed E-state index contributed by atoms with van der Waals surface area (Å²) in [7, 11) is 3.12. The second-order valence-corrected chi connectivity index (χ2v) is 4.80. The molecule has 0 saturated carbocycles. The predicted molar refractivity (Wildman–Crippen MR) is 76.4 cm³/mol. The summed E-state index contributed by atoms with van der Waals surface area (Å²) in [5.74, 6) is 0. The molecular formula is C14H18N4O2. The van der Waals surface area contributed by atoms with Gasteiger partial charge in [0.05, 0.1) is 0 Å². The number of hydrogen-bond donors (Lipinski definition) is 1. The van der Waals surface area contributed by atoms with Crippen LogP contribution >= 0.6 is 0 Å². The minimum absolute atomic E-state index is 0.0972. The maximum Gasteiger partial charge on any atom is 0.330 e. The fourth-order valence-electron chi connectivity index (χ4n) is 2.04. The van der Waals surface area contributed by atoms with Gasteiger partial charge in [-0.1, -0.05) is 0 Å². The van der Waals surface area contributed by atoms with Crippen LogP contribution in [0, 0.1) is 0 Å². The highest BCUT2D eigenvalue weighted by atomic mass is 16.2. The van der Waals surface area contributed by atoms with Gasteiger partial charge in [0.15, 0.2) is 0 Å². The highest BCUT2D eigenvalue weighted by Gasteiger charge is 2.09. The molecule has 0 saturated heterocycles. The lowest BCUT2D eigenvalue weighted by molar-refractivity contribution is 0.558. The fourth-order valence-corrected chi connectivity index (χ4v) is 2.04. The Kier molecular flexibility index (Phi) is 4.14. The molecule has 0 aliphatic heterocycles. The molecule has 2 aromatic heterocycles. The molecule has 0 aliphatic carbocycles. The lowest BCUT2D eigenvalue weighted by Gasteiger charge is -2.14. The number of rotatable bonds is 4. The first kappa shape index (κ1) is 14.2. The van der Waals surface area contributed by atoms with Crippen molar-refractivity contribution < 1.29 is 0 Å². The van der Waals surface area contributed by atoms with Gasteiger partial charge in [-0.2, -0.15) is 0 Å². The molecule has 2 rings (SSSR count). The molecule has 0 bridgehead atoms. The second kappa shape index (κ2) is 5.83. The Morgan fingerprint density at radius 3 is 2.55 bits per heavy atom. The lowest BCUT2D eigenvalue weighted by atomic mass is 10.1. The first-order chi connectivity index (χ1) is 9.50. The van der Waals surface area contributed by atoms with Crippen molar-refractivity contribution in [1.29, 1.82) is 0 Å². The van der Waals surface area contributed by atoms with Gasteiger partial charge in [-0.05, 0) is 24.6 Å². The summed E-state index contributed by atoms with van der Waals surface area (Å²) in [6.07, 6.45) is 5.05. The fraction of sp³-hybridized carbons (Fsp3) is 0.357. The van der Waals surface area contributed by atoms with Gasteiger partial charge in [0.2, 0.25) is 0 Å². The Hall–Kier alpha value is -2.21. The van der Waals surface area contributed by atoms with E-state index in [2.05, 4.69) is 10.3 Å². The Balaban J connectivity index is 2.16. The second-order valence-electron chi connectivity index (χ2n) is 4.80. The summed E-state index contributed by atoms with van der Waals surface area (Å²) in [6, 6.07) is 3.95. The monoisotopic (exact) mass is 274 g/mol. The molecule has 6 nitrogen and oxygen atoms in total. The predicted octanol–water partition coefficient (Wildman–Crippen LogP) is 0.330. The Bertz CT molecular complexity index is 703. The number of nitrogens with one attached hydrogen (secondary N) is 1. The van der Waals surface area contributed by atoms with Gasteiger partial charge < -0.3 is 9.88 Å². The summed E-state index contributed by atoms with van der Waals surface area (Å²) >= 11 is 0. The van der Waals surface area contributed by atoms with Crippen molar-refractivity contribution in [2.75, 3.05) is 0 Å².